The van der Waals surface area contributed by atoms with E-state index in [0.717, 1.165) is 6.42 Å². The molecule has 0 heterocycles. The summed E-state index contributed by atoms with van der Waals surface area (Å²) in [4.78, 5) is 0. The minimum absolute atomic E-state index is 0. The average molecular weight is 438 g/mol. The summed E-state index contributed by atoms with van der Waals surface area (Å²) in [5, 5.41) is 9.24. The Morgan fingerprint density at radius 3 is 1.28 bits per heavy atom. The first-order chi connectivity index (χ1) is 10.7. The Kier molecular flexibility index (Phi) is 17.1. The molecule has 1 unspecified atom stereocenters. The van der Waals surface area contributed by atoms with Crippen LogP contribution in [-0.4, -0.2) is 29.3 Å². The minimum atomic E-state index is -0.473. The van der Waals surface area contributed by atoms with Gasteiger partial charge in [0.2, 0.25) is 0 Å². The van der Waals surface area contributed by atoms with Gasteiger partial charge in [-0.15, -0.1) is 12.1 Å². The van der Waals surface area contributed by atoms with Crippen LogP contribution >= 0.6 is 0 Å². The Morgan fingerprint density at radius 1 is 0.760 bits per heavy atom. The summed E-state index contributed by atoms with van der Waals surface area (Å²) in [6.07, 6.45) is 1.35. The Bertz CT molecular complexity index is 344. The van der Waals surface area contributed by atoms with E-state index in [1.165, 1.54) is 0 Å². The number of nitrogens with zero attached hydrogens (tertiary/aromatic N) is 4. The van der Waals surface area contributed by atoms with E-state index >= 15 is 0 Å². The number of hydrogen-bond donors (Lipinski definition) is 0. The molecule has 0 aliphatic rings. The first-order valence-corrected chi connectivity index (χ1v) is 11.0. The Labute approximate surface area is 168 Å². The summed E-state index contributed by atoms with van der Waals surface area (Å²) >= 11 is -0.473. The quantitative estimate of drug-likeness (QED) is 0.307. The van der Waals surface area contributed by atoms with E-state index in [1.54, 1.807) is 0 Å². The van der Waals surface area contributed by atoms with Crippen molar-refractivity contribution in [3.63, 3.8) is 0 Å². The monoisotopic (exact) mass is 439 g/mol. The van der Waals surface area contributed by atoms with Gasteiger partial charge in [-0.25, -0.2) is 6.17 Å². The van der Waals surface area contributed by atoms with Gasteiger partial charge >= 0.3 is 77.8 Å². The number of hydrogen-bond acceptors (Lipinski definition) is 2. The minimum Gasteiger partial charge on any atom is -0.675 e. The topological polar surface area (TPSA) is 52.9 Å². The van der Waals surface area contributed by atoms with Crippen molar-refractivity contribution < 1.29 is 18.2 Å². The van der Waals surface area contributed by atoms with Crippen LogP contribution in [-0.2, 0) is 18.2 Å². The predicted octanol–water partition coefficient (Wildman–Crippen LogP) is 7.41. The molecular weight excluding hydrogens is 392 g/mol. The van der Waals surface area contributed by atoms with E-state index in [-0.39, 0.29) is 24.7 Å². The fourth-order valence-corrected chi connectivity index (χ4v) is 2.72. The van der Waals surface area contributed by atoms with Gasteiger partial charge in [0.1, 0.15) is 0 Å². The standard InChI is InChI=1S/C11H24N2.2C4H9N.CH3.Mo/c1-7-10(6)11(12-8(2)3)13-9(4)5;2*1-4(2,3)5;;/h8-11H,7H2,1-6H3;2*1-3H3;1H3;/q-2;;;-1;. The largest absolute Gasteiger partial charge is 0.675 e. The molecule has 0 saturated heterocycles. The second-order valence-corrected chi connectivity index (χ2v) is 10.2. The first-order valence-electron chi connectivity index (χ1n) is 9.18. The van der Waals surface area contributed by atoms with E-state index < -0.39 is 18.2 Å². The Morgan fingerprint density at radius 2 is 1.08 bits per heavy atom. The van der Waals surface area contributed by atoms with E-state index in [9.17, 15) is 0 Å². The van der Waals surface area contributed by atoms with Crippen molar-refractivity contribution in [1.82, 2.24) is 0 Å². The molecule has 0 saturated carbocycles. The normalized spacial score (nSPS) is 13.1. The zero-order valence-corrected chi connectivity index (χ0v) is 21.2. The van der Waals surface area contributed by atoms with Crippen LogP contribution in [0.25, 0.3) is 10.6 Å². The molecule has 25 heavy (non-hydrogen) atoms. The van der Waals surface area contributed by atoms with Crippen LogP contribution in [0, 0.1) is 13.3 Å². The molecule has 0 aromatic heterocycles. The molecule has 0 bridgehead atoms. The molecule has 154 valence electrons. The van der Waals surface area contributed by atoms with Gasteiger partial charge in [-0.05, 0) is 0 Å². The third-order valence-electron chi connectivity index (χ3n) is 2.68. The molecule has 0 amide bonds. The van der Waals surface area contributed by atoms with Crippen molar-refractivity contribution in [2.45, 2.75) is 119 Å². The molecular formula is C20H45MoN4-3. The van der Waals surface area contributed by atoms with Gasteiger partial charge in [-0.3, -0.25) is 0 Å². The summed E-state index contributed by atoms with van der Waals surface area (Å²) in [6.45, 7) is 25.6. The van der Waals surface area contributed by atoms with Gasteiger partial charge < -0.3 is 18.1 Å². The molecule has 0 aromatic rings. The second kappa shape index (κ2) is 14.3. The maximum atomic E-state index is 4.62. The second-order valence-electron chi connectivity index (χ2n) is 8.89. The zero-order chi connectivity index (χ0) is 19.6. The molecule has 0 spiro atoms. The van der Waals surface area contributed by atoms with Crippen LogP contribution in [0.2, 0.25) is 0 Å². The SMILES string of the molecule is CC(C)(C)[N]=[Mo]=[N]C(C)(C)C.CCC(C)C([N-]C(C)C)[N-]C(C)C.[CH3-]. The fraction of sp³-hybridized carbons (Fsp3) is 0.950. The zero-order valence-electron chi connectivity index (χ0n) is 19.2. The van der Waals surface area contributed by atoms with E-state index in [1.807, 2.05) is 0 Å². The molecule has 0 fully saturated rings. The third-order valence-corrected chi connectivity index (χ3v) is 5.78. The molecule has 4 nitrogen and oxygen atoms in total. The summed E-state index contributed by atoms with van der Waals surface area (Å²) < 4.78 is 9.01. The molecule has 0 aromatic carbocycles. The Balaban J connectivity index is -0.000000377. The van der Waals surface area contributed by atoms with Crippen LogP contribution in [0.3, 0.4) is 0 Å². The van der Waals surface area contributed by atoms with Crippen molar-refractivity contribution in [2.24, 2.45) is 12.9 Å². The van der Waals surface area contributed by atoms with Gasteiger partial charge in [0, 0.05) is 0 Å². The van der Waals surface area contributed by atoms with Gasteiger partial charge in [0.05, 0.1) is 0 Å². The summed E-state index contributed by atoms with van der Waals surface area (Å²) in [7, 11) is 0. The summed E-state index contributed by atoms with van der Waals surface area (Å²) in [5.41, 5.74) is 0.216. The van der Waals surface area contributed by atoms with Gasteiger partial charge in [-0.2, -0.15) is 0 Å². The average Bonchev–Trinajstić information content (AvgIpc) is 2.33. The fourth-order valence-electron chi connectivity index (χ4n) is 1.42. The third kappa shape index (κ3) is 24.2. The molecule has 1 atom stereocenters. The van der Waals surface area contributed by atoms with Crippen molar-refractivity contribution in [3.8, 4) is 0 Å². The van der Waals surface area contributed by atoms with Crippen LogP contribution in [0.5, 0.6) is 0 Å². The van der Waals surface area contributed by atoms with Crippen molar-refractivity contribution >= 4 is 0 Å². The molecule has 0 aliphatic carbocycles. The maximum Gasteiger partial charge on any atom is -0.0566 e. The molecule has 0 N–H and O–H groups in total. The van der Waals surface area contributed by atoms with Crippen LogP contribution in [0.1, 0.15) is 89.5 Å². The van der Waals surface area contributed by atoms with Crippen LogP contribution in [0.15, 0.2) is 6.99 Å². The molecule has 5 heteroatoms. The number of rotatable bonds is 6. The van der Waals surface area contributed by atoms with Crippen molar-refractivity contribution in [2.75, 3.05) is 0 Å². The van der Waals surface area contributed by atoms with Crippen LogP contribution in [0.4, 0.5) is 0 Å². The first kappa shape index (κ1) is 30.0. The molecule has 0 rings (SSSR count). The molecule has 0 aliphatic heterocycles. The van der Waals surface area contributed by atoms with Gasteiger partial charge in [0.15, 0.2) is 0 Å². The smallest absolute Gasteiger partial charge is 0.0566 e. The summed E-state index contributed by atoms with van der Waals surface area (Å²) in [5.74, 6) is 0.574. The van der Waals surface area contributed by atoms with E-state index in [0.29, 0.717) is 18.0 Å². The maximum absolute atomic E-state index is 4.62. The van der Waals surface area contributed by atoms with Crippen molar-refractivity contribution in [3.05, 3.63) is 18.1 Å². The van der Waals surface area contributed by atoms with E-state index in [4.69, 9.17) is 0 Å². The van der Waals surface area contributed by atoms with Gasteiger partial charge in [-0.1, -0.05) is 53.9 Å². The van der Waals surface area contributed by atoms with Gasteiger partial charge in [0.25, 0.3) is 0 Å². The van der Waals surface area contributed by atoms with Crippen molar-refractivity contribution in [1.29, 1.82) is 0 Å². The van der Waals surface area contributed by atoms with E-state index in [2.05, 4.69) is 101 Å². The summed E-state index contributed by atoms with van der Waals surface area (Å²) in [6, 6.07) is 0.781. The predicted molar refractivity (Wildman–Crippen MR) is 111 cm³/mol. The molecule has 0 radical (unpaired) electrons. The Hall–Kier alpha value is 0.208. The van der Waals surface area contributed by atoms with Crippen LogP contribution < -0.4 is 0 Å².